The van der Waals surface area contributed by atoms with E-state index in [-0.39, 0.29) is 17.7 Å². The number of piperidine rings is 1. The molecule has 0 spiro atoms. The summed E-state index contributed by atoms with van der Waals surface area (Å²) in [7, 11) is 0. The van der Waals surface area contributed by atoms with Crippen LogP contribution in [-0.2, 0) is 22.6 Å². The van der Waals surface area contributed by atoms with Crippen molar-refractivity contribution in [1.29, 1.82) is 0 Å². The molecule has 0 radical (unpaired) electrons. The van der Waals surface area contributed by atoms with Crippen LogP contribution in [0.3, 0.4) is 0 Å². The summed E-state index contributed by atoms with van der Waals surface area (Å²) in [6.45, 7) is 5.82. The molecule has 5 heteroatoms. The summed E-state index contributed by atoms with van der Waals surface area (Å²) in [6, 6.07) is 24.1. The summed E-state index contributed by atoms with van der Waals surface area (Å²) in [6.07, 6.45) is 2.65. The number of nitrogens with one attached hydrogen (secondary N) is 1. The number of ether oxygens (including phenoxy) is 1. The monoisotopic (exact) mass is 470 g/mol. The summed E-state index contributed by atoms with van der Waals surface area (Å²) >= 11 is 0. The molecule has 182 valence electrons. The molecule has 0 saturated carbocycles. The predicted molar refractivity (Wildman–Crippen MR) is 139 cm³/mol. The highest BCUT2D eigenvalue weighted by Crippen LogP contribution is 2.25. The zero-order valence-corrected chi connectivity index (χ0v) is 20.6. The fraction of sp³-hybridized carbons (Fsp3) is 0.333. The first-order valence-corrected chi connectivity index (χ1v) is 12.4. The van der Waals surface area contributed by atoms with Crippen LogP contribution in [0.2, 0.25) is 0 Å². The van der Waals surface area contributed by atoms with E-state index in [0.29, 0.717) is 39.0 Å². The van der Waals surface area contributed by atoms with Crippen molar-refractivity contribution in [1.82, 2.24) is 4.90 Å². The molecule has 4 rings (SSSR count). The topological polar surface area (TPSA) is 58.6 Å². The second kappa shape index (κ2) is 11.7. The van der Waals surface area contributed by atoms with Gasteiger partial charge in [-0.3, -0.25) is 9.59 Å². The number of rotatable bonds is 8. The minimum Gasteiger partial charge on any atom is -0.489 e. The molecule has 1 saturated heterocycles. The number of nitrogens with zero attached hydrogens (tertiary/aromatic N) is 1. The molecule has 0 aromatic heterocycles. The number of hydrogen-bond acceptors (Lipinski definition) is 3. The van der Waals surface area contributed by atoms with E-state index in [1.165, 1.54) is 11.1 Å². The maximum atomic E-state index is 12.9. The number of anilines is 1. The van der Waals surface area contributed by atoms with Crippen molar-refractivity contribution in [3.63, 3.8) is 0 Å². The van der Waals surface area contributed by atoms with E-state index in [1.807, 2.05) is 54.3 Å². The Morgan fingerprint density at radius 2 is 1.66 bits per heavy atom. The van der Waals surface area contributed by atoms with Crippen LogP contribution in [0.5, 0.6) is 5.75 Å². The average molecular weight is 471 g/mol. The van der Waals surface area contributed by atoms with Gasteiger partial charge < -0.3 is 15.0 Å². The molecule has 1 aliphatic rings. The molecule has 3 aromatic carbocycles. The van der Waals surface area contributed by atoms with Crippen molar-refractivity contribution in [2.45, 2.75) is 46.1 Å². The van der Waals surface area contributed by atoms with Gasteiger partial charge in [0.25, 0.3) is 0 Å². The molecule has 0 aliphatic carbocycles. The van der Waals surface area contributed by atoms with Crippen molar-refractivity contribution >= 4 is 17.5 Å². The third-order valence-corrected chi connectivity index (χ3v) is 6.63. The first-order valence-electron chi connectivity index (χ1n) is 12.4. The van der Waals surface area contributed by atoms with Crippen LogP contribution < -0.4 is 10.1 Å². The van der Waals surface area contributed by atoms with E-state index >= 15 is 0 Å². The Kier molecular flexibility index (Phi) is 8.19. The zero-order chi connectivity index (χ0) is 24.6. The molecule has 0 bridgehead atoms. The minimum atomic E-state index is -0.0789. The fourth-order valence-electron chi connectivity index (χ4n) is 4.51. The Hall–Kier alpha value is -3.60. The molecule has 35 heavy (non-hydrogen) atoms. The van der Waals surface area contributed by atoms with Gasteiger partial charge in [-0.05, 0) is 68.0 Å². The second-order valence-corrected chi connectivity index (χ2v) is 9.38. The van der Waals surface area contributed by atoms with Crippen molar-refractivity contribution in [3.8, 4) is 5.75 Å². The van der Waals surface area contributed by atoms with Crippen LogP contribution in [0.4, 0.5) is 5.69 Å². The van der Waals surface area contributed by atoms with Crippen LogP contribution >= 0.6 is 0 Å². The Morgan fingerprint density at radius 3 is 2.37 bits per heavy atom. The largest absolute Gasteiger partial charge is 0.489 e. The van der Waals surface area contributed by atoms with Gasteiger partial charge in [-0.2, -0.15) is 0 Å². The first kappa shape index (κ1) is 24.5. The predicted octanol–water partition coefficient (Wildman–Crippen LogP) is 5.69. The van der Waals surface area contributed by atoms with E-state index in [2.05, 4.69) is 42.6 Å². The third-order valence-electron chi connectivity index (χ3n) is 6.63. The number of hydrogen-bond donors (Lipinski definition) is 1. The summed E-state index contributed by atoms with van der Waals surface area (Å²) in [5.74, 6) is 0.900. The third kappa shape index (κ3) is 6.95. The van der Waals surface area contributed by atoms with Gasteiger partial charge in [0.15, 0.2) is 0 Å². The van der Waals surface area contributed by atoms with E-state index in [4.69, 9.17) is 4.74 Å². The van der Waals surface area contributed by atoms with Gasteiger partial charge in [-0.25, -0.2) is 0 Å². The molecular weight excluding hydrogens is 436 g/mol. The van der Waals surface area contributed by atoms with Gasteiger partial charge in [0.1, 0.15) is 12.4 Å². The number of carbonyl (C=O) groups is 2. The molecule has 5 nitrogen and oxygen atoms in total. The van der Waals surface area contributed by atoms with Gasteiger partial charge in [0.2, 0.25) is 11.8 Å². The smallest absolute Gasteiger partial charge is 0.227 e. The van der Waals surface area contributed by atoms with Crippen LogP contribution in [0, 0.1) is 19.8 Å². The number of benzene rings is 3. The summed E-state index contributed by atoms with van der Waals surface area (Å²) < 4.78 is 5.94. The van der Waals surface area contributed by atoms with Crippen molar-refractivity contribution < 1.29 is 14.3 Å². The lowest BCUT2D eigenvalue weighted by atomic mass is 9.95. The lowest BCUT2D eigenvalue weighted by Gasteiger charge is -2.31. The Bertz CT molecular complexity index is 1150. The maximum Gasteiger partial charge on any atom is 0.227 e. The Balaban J connectivity index is 1.23. The number of aryl methyl sites for hydroxylation is 3. The molecule has 0 atom stereocenters. The van der Waals surface area contributed by atoms with Crippen LogP contribution in [-0.4, -0.2) is 29.8 Å². The molecule has 0 unspecified atom stereocenters. The summed E-state index contributed by atoms with van der Waals surface area (Å²) in [4.78, 5) is 27.4. The van der Waals surface area contributed by atoms with Crippen molar-refractivity contribution in [2.24, 2.45) is 5.92 Å². The lowest BCUT2D eigenvalue weighted by Crippen LogP contribution is -2.41. The van der Waals surface area contributed by atoms with E-state index < -0.39 is 0 Å². The van der Waals surface area contributed by atoms with E-state index in [1.54, 1.807) is 0 Å². The highest BCUT2D eigenvalue weighted by Gasteiger charge is 2.27. The molecule has 2 amide bonds. The summed E-state index contributed by atoms with van der Waals surface area (Å²) in [5, 5.41) is 3.08. The molecule has 3 aromatic rings. The molecular formula is C30H34N2O3. The molecule has 1 fully saturated rings. The number of carbonyl (C=O) groups excluding carboxylic acids is 2. The van der Waals surface area contributed by atoms with Gasteiger partial charge >= 0.3 is 0 Å². The maximum absolute atomic E-state index is 12.9. The van der Waals surface area contributed by atoms with E-state index in [9.17, 15) is 9.59 Å². The van der Waals surface area contributed by atoms with Gasteiger partial charge in [0.05, 0.1) is 0 Å². The van der Waals surface area contributed by atoms with E-state index in [0.717, 1.165) is 29.0 Å². The van der Waals surface area contributed by atoms with Crippen molar-refractivity contribution in [2.75, 3.05) is 18.4 Å². The van der Waals surface area contributed by atoms with Crippen LogP contribution in [0.15, 0.2) is 72.8 Å². The van der Waals surface area contributed by atoms with Gasteiger partial charge in [0, 0.05) is 31.1 Å². The highest BCUT2D eigenvalue weighted by atomic mass is 16.5. The normalized spacial score (nSPS) is 13.9. The first-order chi connectivity index (χ1) is 17.0. The van der Waals surface area contributed by atoms with Gasteiger partial charge in [-0.15, -0.1) is 0 Å². The fourth-order valence-corrected chi connectivity index (χ4v) is 4.51. The molecule has 1 heterocycles. The Morgan fingerprint density at radius 1 is 0.914 bits per heavy atom. The minimum absolute atomic E-state index is 0.0258. The molecule has 1 N–H and O–H groups in total. The standard InChI is InChI=1S/C30H34N2O3/c1-22-7-6-10-25(19-22)21-35-27-12-13-28(23(2)20-27)31-30(34)26-15-17-32(18-16-26)29(33)14-11-24-8-4-3-5-9-24/h3-10,12-13,19-20,26H,11,14-18,21H2,1-2H3,(H,31,34). The highest BCUT2D eigenvalue weighted by molar-refractivity contribution is 5.93. The Labute approximate surface area is 208 Å². The van der Waals surface area contributed by atoms with Crippen LogP contribution in [0.1, 0.15) is 41.5 Å². The quantitative estimate of drug-likeness (QED) is 0.460. The van der Waals surface area contributed by atoms with Crippen LogP contribution in [0.25, 0.3) is 0 Å². The van der Waals surface area contributed by atoms with Gasteiger partial charge in [-0.1, -0.05) is 60.2 Å². The summed E-state index contributed by atoms with van der Waals surface area (Å²) in [5.41, 5.74) is 5.29. The van der Waals surface area contributed by atoms with Crippen molar-refractivity contribution in [3.05, 3.63) is 95.1 Å². The SMILES string of the molecule is Cc1cccc(COc2ccc(NC(=O)C3CCN(C(=O)CCc4ccccc4)CC3)c(C)c2)c1. The second-order valence-electron chi connectivity index (χ2n) is 9.38. The lowest BCUT2D eigenvalue weighted by molar-refractivity contribution is -0.134. The number of amides is 2. The average Bonchev–Trinajstić information content (AvgIpc) is 2.88. The molecule has 1 aliphatic heterocycles. The number of likely N-dealkylation sites (tertiary alicyclic amines) is 1. The zero-order valence-electron chi connectivity index (χ0n) is 20.6.